The number of hydrogen-bond donors (Lipinski definition) is 1. The first-order valence-corrected chi connectivity index (χ1v) is 5.68. The Morgan fingerprint density at radius 3 is 2.00 bits per heavy atom. The van der Waals surface area contributed by atoms with Crippen LogP contribution in [0.1, 0.15) is 53.4 Å². The summed E-state index contributed by atoms with van der Waals surface area (Å²) in [5, 5.41) is 8.70. The van der Waals surface area contributed by atoms with E-state index in [1.165, 1.54) is 19.3 Å². The Kier molecular flexibility index (Phi) is 7.35. The first-order chi connectivity index (χ1) is 6.07. The summed E-state index contributed by atoms with van der Waals surface area (Å²) in [5.74, 6) is 2.45. The summed E-state index contributed by atoms with van der Waals surface area (Å²) < 4.78 is 0. The number of unbranched alkanes of at least 4 members (excludes halogenated alkanes) is 1. The molecule has 0 saturated heterocycles. The second-order valence-electron chi connectivity index (χ2n) is 4.85. The van der Waals surface area contributed by atoms with Gasteiger partial charge in [0, 0.05) is 6.61 Å². The lowest BCUT2D eigenvalue weighted by Crippen LogP contribution is -2.11. The molecule has 1 unspecified atom stereocenters. The van der Waals surface area contributed by atoms with E-state index < -0.39 is 0 Å². The zero-order valence-corrected chi connectivity index (χ0v) is 9.71. The van der Waals surface area contributed by atoms with Crippen LogP contribution < -0.4 is 0 Å². The zero-order valence-electron chi connectivity index (χ0n) is 9.71. The van der Waals surface area contributed by atoms with E-state index in [4.69, 9.17) is 5.11 Å². The predicted molar refractivity (Wildman–Crippen MR) is 58.7 cm³/mol. The highest BCUT2D eigenvalue weighted by atomic mass is 16.2. The van der Waals surface area contributed by atoms with Gasteiger partial charge < -0.3 is 5.11 Å². The molecule has 0 amide bonds. The minimum atomic E-state index is 0.354. The van der Waals surface area contributed by atoms with E-state index in [2.05, 4.69) is 27.7 Å². The van der Waals surface area contributed by atoms with Gasteiger partial charge in [0.2, 0.25) is 0 Å². The first-order valence-electron chi connectivity index (χ1n) is 5.68. The molecule has 0 saturated carbocycles. The molecule has 0 rings (SSSR count). The van der Waals surface area contributed by atoms with Gasteiger partial charge in [0.15, 0.2) is 0 Å². The van der Waals surface area contributed by atoms with Crippen LogP contribution in [-0.4, -0.2) is 11.7 Å². The molecule has 1 atom stereocenters. The van der Waals surface area contributed by atoms with Crippen molar-refractivity contribution in [3.63, 3.8) is 0 Å². The van der Waals surface area contributed by atoms with Crippen molar-refractivity contribution in [3.8, 4) is 0 Å². The number of aliphatic hydroxyl groups is 1. The number of aliphatic hydroxyl groups excluding tert-OH is 1. The van der Waals surface area contributed by atoms with Crippen LogP contribution in [0.3, 0.4) is 0 Å². The maximum atomic E-state index is 8.70. The maximum Gasteiger partial charge on any atom is 0.0431 e. The minimum Gasteiger partial charge on any atom is -0.396 e. The molecule has 0 radical (unpaired) electrons. The van der Waals surface area contributed by atoms with Gasteiger partial charge in [-0.25, -0.2) is 0 Å². The lowest BCUT2D eigenvalue weighted by atomic mass is 9.84. The van der Waals surface area contributed by atoms with Crippen LogP contribution in [0.15, 0.2) is 0 Å². The van der Waals surface area contributed by atoms with Gasteiger partial charge in [-0.15, -0.1) is 0 Å². The molecule has 0 aromatic heterocycles. The highest BCUT2D eigenvalue weighted by molar-refractivity contribution is 4.65. The Hall–Kier alpha value is -0.0400. The van der Waals surface area contributed by atoms with Crippen LogP contribution in [0.5, 0.6) is 0 Å². The van der Waals surface area contributed by atoms with Crippen molar-refractivity contribution >= 4 is 0 Å². The van der Waals surface area contributed by atoms with E-state index in [-0.39, 0.29) is 0 Å². The summed E-state index contributed by atoms with van der Waals surface area (Å²) in [4.78, 5) is 0. The van der Waals surface area contributed by atoms with Crippen molar-refractivity contribution in [2.75, 3.05) is 6.61 Å². The van der Waals surface area contributed by atoms with Gasteiger partial charge in [0.05, 0.1) is 0 Å². The standard InChI is InChI=1S/C12H26O/c1-10(2)9-12(11(3)4)7-5-6-8-13/h10-13H,5-9H2,1-4H3. The monoisotopic (exact) mass is 186 g/mol. The van der Waals surface area contributed by atoms with Gasteiger partial charge in [0.25, 0.3) is 0 Å². The largest absolute Gasteiger partial charge is 0.396 e. The fourth-order valence-electron chi connectivity index (χ4n) is 1.85. The molecule has 0 aromatic rings. The first kappa shape index (κ1) is 13.0. The van der Waals surface area contributed by atoms with Crippen LogP contribution in [-0.2, 0) is 0 Å². The van der Waals surface area contributed by atoms with Gasteiger partial charge in [-0.2, -0.15) is 0 Å². The molecule has 0 aliphatic carbocycles. The summed E-state index contributed by atoms with van der Waals surface area (Å²) in [5.41, 5.74) is 0. The second kappa shape index (κ2) is 7.37. The second-order valence-corrected chi connectivity index (χ2v) is 4.85. The predicted octanol–water partition coefficient (Wildman–Crippen LogP) is 3.47. The summed E-state index contributed by atoms with van der Waals surface area (Å²) in [6.07, 6.45) is 4.78. The number of hydrogen-bond acceptors (Lipinski definition) is 1. The summed E-state index contributed by atoms with van der Waals surface area (Å²) >= 11 is 0. The summed E-state index contributed by atoms with van der Waals surface area (Å²) in [7, 11) is 0. The molecular weight excluding hydrogens is 160 g/mol. The van der Waals surface area contributed by atoms with Crippen LogP contribution in [0.2, 0.25) is 0 Å². The zero-order chi connectivity index (χ0) is 10.3. The SMILES string of the molecule is CC(C)CC(CCCCO)C(C)C. The van der Waals surface area contributed by atoms with Crippen molar-refractivity contribution in [2.45, 2.75) is 53.4 Å². The molecule has 13 heavy (non-hydrogen) atoms. The molecule has 1 nitrogen and oxygen atoms in total. The Morgan fingerprint density at radius 2 is 1.62 bits per heavy atom. The van der Waals surface area contributed by atoms with Crippen molar-refractivity contribution in [3.05, 3.63) is 0 Å². The van der Waals surface area contributed by atoms with E-state index in [1.807, 2.05) is 0 Å². The van der Waals surface area contributed by atoms with Crippen LogP contribution in [0.4, 0.5) is 0 Å². The Labute approximate surface area is 83.5 Å². The highest BCUT2D eigenvalue weighted by Gasteiger charge is 2.14. The molecule has 0 aliphatic rings. The fraction of sp³-hybridized carbons (Fsp3) is 1.00. The molecule has 0 spiro atoms. The third-order valence-corrected chi connectivity index (χ3v) is 2.70. The summed E-state index contributed by atoms with van der Waals surface area (Å²) in [6, 6.07) is 0. The molecule has 1 heteroatoms. The Balaban J connectivity index is 3.67. The quantitative estimate of drug-likeness (QED) is 0.604. The third kappa shape index (κ3) is 7.06. The third-order valence-electron chi connectivity index (χ3n) is 2.70. The fourth-order valence-corrected chi connectivity index (χ4v) is 1.85. The van der Waals surface area contributed by atoms with Crippen LogP contribution >= 0.6 is 0 Å². The molecular formula is C12H26O. The van der Waals surface area contributed by atoms with Gasteiger partial charge >= 0.3 is 0 Å². The number of rotatable bonds is 7. The van der Waals surface area contributed by atoms with Crippen LogP contribution in [0, 0.1) is 17.8 Å². The van der Waals surface area contributed by atoms with E-state index in [1.54, 1.807) is 0 Å². The van der Waals surface area contributed by atoms with E-state index in [9.17, 15) is 0 Å². The molecule has 0 bridgehead atoms. The molecule has 80 valence electrons. The molecule has 0 aliphatic heterocycles. The average Bonchev–Trinajstić information content (AvgIpc) is 2.02. The van der Waals surface area contributed by atoms with E-state index in [0.29, 0.717) is 6.61 Å². The maximum absolute atomic E-state index is 8.70. The lowest BCUT2D eigenvalue weighted by molar-refractivity contribution is 0.255. The topological polar surface area (TPSA) is 20.2 Å². The smallest absolute Gasteiger partial charge is 0.0431 e. The Morgan fingerprint density at radius 1 is 1.00 bits per heavy atom. The minimum absolute atomic E-state index is 0.354. The Bertz CT molecular complexity index is 108. The normalized spacial score (nSPS) is 14.1. The van der Waals surface area contributed by atoms with Gasteiger partial charge in [-0.3, -0.25) is 0 Å². The highest BCUT2D eigenvalue weighted by Crippen LogP contribution is 2.25. The van der Waals surface area contributed by atoms with Gasteiger partial charge in [0.1, 0.15) is 0 Å². The van der Waals surface area contributed by atoms with Crippen molar-refractivity contribution in [1.82, 2.24) is 0 Å². The lowest BCUT2D eigenvalue weighted by Gasteiger charge is -2.22. The summed E-state index contributed by atoms with van der Waals surface area (Å²) in [6.45, 7) is 9.56. The van der Waals surface area contributed by atoms with E-state index in [0.717, 1.165) is 24.2 Å². The average molecular weight is 186 g/mol. The van der Waals surface area contributed by atoms with E-state index >= 15 is 0 Å². The van der Waals surface area contributed by atoms with Crippen LogP contribution in [0.25, 0.3) is 0 Å². The molecule has 0 aromatic carbocycles. The molecule has 0 fully saturated rings. The van der Waals surface area contributed by atoms with Gasteiger partial charge in [-0.05, 0) is 30.6 Å². The molecule has 1 N–H and O–H groups in total. The van der Waals surface area contributed by atoms with Crippen molar-refractivity contribution < 1.29 is 5.11 Å². The van der Waals surface area contributed by atoms with Crippen molar-refractivity contribution in [1.29, 1.82) is 0 Å². The van der Waals surface area contributed by atoms with Gasteiger partial charge in [-0.1, -0.05) is 40.5 Å². The van der Waals surface area contributed by atoms with Crippen molar-refractivity contribution in [2.24, 2.45) is 17.8 Å². The molecule has 0 heterocycles.